The van der Waals surface area contributed by atoms with Crippen molar-refractivity contribution in [3.05, 3.63) is 65.2 Å². The Kier molecular flexibility index (Phi) is 4.91. The molecule has 1 N–H and O–H groups in total. The molecule has 0 amide bonds. The molecule has 2 aromatic rings. The summed E-state index contributed by atoms with van der Waals surface area (Å²) in [5.41, 5.74) is 1.67. The summed E-state index contributed by atoms with van der Waals surface area (Å²) in [6.45, 7) is 3.89. The van der Waals surface area contributed by atoms with Crippen LogP contribution < -0.4 is 10.1 Å². The highest BCUT2D eigenvalue weighted by atomic mass is 19.1. The van der Waals surface area contributed by atoms with E-state index in [9.17, 15) is 8.78 Å². The fourth-order valence-electron chi connectivity index (χ4n) is 2.30. The zero-order valence-corrected chi connectivity index (χ0v) is 12.4. The first-order valence-corrected chi connectivity index (χ1v) is 6.86. The maximum Gasteiger partial charge on any atom is 0.165 e. The van der Waals surface area contributed by atoms with Crippen molar-refractivity contribution in [1.82, 2.24) is 5.32 Å². The standard InChI is InChI=1S/C17H19F2NO/c1-11(13-5-4-6-15(18)9-13)20-12(2)14-7-8-17(21-3)16(19)10-14/h4-12,20H,1-3H3/t11-,12?/m0/s1. The van der Waals surface area contributed by atoms with E-state index in [4.69, 9.17) is 4.74 Å². The molecule has 0 aliphatic carbocycles. The summed E-state index contributed by atoms with van der Waals surface area (Å²) in [4.78, 5) is 0. The van der Waals surface area contributed by atoms with Crippen LogP contribution in [0.1, 0.15) is 37.1 Å². The third kappa shape index (κ3) is 3.79. The molecule has 1 unspecified atom stereocenters. The molecule has 0 fully saturated rings. The van der Waals surface area contributed by atoms with E-state index in [1.165, 1.54) is 25.3 Å². The van der Waals surface area contributed by atoms with Gasteiger partial charge < -0.3 is 10.1 Å². The van der Waals surface area contributed by atoms with Gasteiger partial charge in [0.05, 0.1) is 7.11 Å². The minimum absolute atomic E-state index is 0.0409. The van der Waals surface area contributed by atoms with Crippen LogP contribution in [-0.2, 0) is 0 Å². The molecule has 0 aromatic heterocycles. The smallest absolute Gasteiger partial charge is 0.165 e. The molecule has 21 heavy (non-hydrogen) atoms. The van der Waals surface area contributed by atoms with Gasteiger partial charge in [0, 0.05) is 12.1 Å². The monoisotopic (exact) mass is 291 g/mol. The second-order valence-corrected chi connectivity index (χ2v) is 5.06. The Morgan fingerprint density at radius 3 is 2.19 bits per heavy atom. The molecule has 0 saturated heterocycles. The van der Waals surface area contributed by atoms with Crippen molar-refractivity contribution in [2.45, 2.75) is 25.9 Å². The Morgan fingerprint density at radius 2 is 1.62 bits per heavy atom. The van der Waals surface area contributed by atoms with E-state index in [1.54, 1.807) is 12.1 Å². The molecule has 2 aromatic carbocycles. The molecule has 2 nitrogen and oxygen atoms in total. The van der Waals surface area contributed by atoms with Crippen LogP contribution in [0.5, 0.6) is 5.75 Å². The van der Waals surface area contributed by atoms with Gasteiger partial charge in [-0.3, -0.25) is 0 Å². The first-order chi connectivity index (χ1) is 10.0. The van der Waals surface area contributed by atoms with Crippen LogP contribution >= 0.6 is 0 Å². The van der Waals surface area contributed by atoms with Gasteiger partial charge in [-0.15, -0.1) is 0 Å². The van der Waals surface area contributed by atoms with Gasteiger partial charge in [0.1, 0.15) is 5.82 Å². The molecule has 0 bridgehead atoms. The molecular formula is C17H19F2NO. The van der Waals surface area contributed by atoms with E-state index < -0.39 is 0 Å². The van der Waals surface area contributed by atoms with E-state index >= 15 is 0 Å². The number of ether oxygens (including phenoxy) is 1. The molecule has 4 heteroatoms. The molecule has 0 spiro atoms. The molecule has 112 valence electrons. The van der Waals surface area contributed by atoms with E-state index in [0.717, 1.165) is 11.1 Å². The summed E-state index contributed by atoms with van der Waals surface area (Å²) in [6, 6.07) is 11.2. The molecule has 0 radical (unpaired) electrons. The Bertz CT molecular complexity index is 615. The Hall–Kier alpha value is -1.94. The van der Waals surface area contributed by atoms with Crippen LogP contribution in [0.4, 0.5) is 8.78 Å². The van der Waals surface area contributed by atoms with Gasteiger partial charge in [-0.25, -0.2) is 8.78 Å². The average molecular weight is 291 g/mol. The summed E-state index contributed by atoms with van der Waals surface area (Å²) in [7, 11) is 1.44. The third-order valence-electron chi connectivity index (χ3n) is 3.52. The second-order valence-electron chi connectivity index (χ2n) is 5.06. The highest BCUT2D eigenvalue weighted by Gasteiger charge is 2.13. The topological polar surface area (TPSA) is 21.3 Å². The van der Waals surface area contributed by atoms with Crippen LogP contribution in [0.25, 0.3) is 0 Å². The first-order valence-electron chi connectivity index (χ1n) is 6.86. The fraction of sp³-hybridized carbons (Fsp3) is 0.294. The van der Waals surface area contributed by atoms with Crippen LogP contribution in [0.15, 0.2) is 42.5 Å². The number of rotatable bonds is 5. The predicted molar refractivity (Wildman–Crippen MR) is 79.3 cm³/mol. The number of halogens is 2. The zero-order valence-electron chi connectivity index (χ0n) is 12.4. The first kappa shape index (κ1) is 15.4. The molecular weight excluding hydrogens is 272 g/mol. The van der Waals surface area contributed by atoms with Gasteiger partial charge in [-0.05, 0) is 49.2 Å². The molecule has 0 saturated carbocycles. The normalized spacial score (nSPS) is 13.8. The van der Waals surface area contributed by atoms with Crippen molar-refractivity contribution in [3.8, 4) is 5.75 Å². The van der Waals surface area contributed by atoms with Crippen molar-refractivity contribution < 1.29 is 13.5 Å². The Morgan fingerprint density at radius 1 is 0.952 bits per heavy atom. The summed E-state index contributed by atoms with van der Waals surface area (Å²) in [6.07, 6.45) is 0. The number of benzene rings is 2. The summed E-state index contributed by atoms with van der Waals surface area (Å²) in [5.74, 6) is -0.421. The lowest BCUT2D eigenvalue weighted by Gasteiger charge is -2.21. The van der Waals surface area contributed by atoms with Gasteiger partial charge in [0.15, 0.2) is 11.6 Å². The maximum atomic E-state index is 13.7. The van der Waals surface area contributed by atoms with Gasteiger partial charge in [0.2, 0.25) is 0 Å². The van der Waals surface area contributed by atoms with Crippen molar-refractivity contribution in [2.75, 3.05) is 7.11 Å². The molecule has 2 atom stereocenters. The van der Waals surface area contributed by atoms with E-state index in [-0.39, 0.29) is 29.5 Å². The summed E-state index contributed by atoms with van der Waals surface area (Å²) < 4.78 is 31.9. The van der Waals surface area contributed by atoms with Crippen LogP contribution in [0.3, 0.4) is 0 Å². The van der Waals surface area contributed by atoms with Crippen LogP contribution in [0, 0.1) is 11.6 Å². The van der Waals surface area contributed by atoms with Crippen LogP contribution in [0.2, 0.25) is 0 Å². The van der Waals surface area contributed by atoms with Gasteiger partial charge in [-0.1, -0.05) is 18.2 Å². The minimum Gasteiger partial charge on any atom is -0.494 e. The number of hydrogen-bond acceptors (Lipinski definition) is 2. The number of hydrogen-bond donors (Lipinski definition) is 1. The molecule has 0 heterocycles. The lowest BCUT2D eigenvalue weighted by molar-refractivity contribution is 0.385. The molecule has 0 aliphatic rings. The van der Waals surface area contributed by atoms with Gasteiger partial charge in [0.25, 0.3) is 0 Å². The minimum atomic E-state index is -0.387. The fourth-order valence-corrected chi connectivity index (χ4v) is 2.30. The van der Waals surface area contributed by atoms with Crippen molar-refractivity contribution >= 4 is 0 Å². The van der Waals surface area contributed by atoms with Crippen molar-refractivity contribution in [3.63, 3.8) is 0 Å². The third-order valence-corrected chi connectivity index (χ3v) is 3.52. The van der Waals surface area contributed by atoms with Gasteiger partial charge >= 0.3 is 0 Å². The lowest BCUT2D eigenvalue weighted by Crippen LogP contribution is -2.22. The average Bonchev–Trinajstić information content (AvgIpc) is 2.47. The van der Waals surface area contributed by atoms with Crippen molar-refractivity contribution in [1.29, 1.82) is 0 Å². The van der Waals surface area contributed by atoms with Crippen LogP contribution in [-0.4, -0.2) is 7.11 Å². The largest absolute Gasteiger partial charge is 0.494 e. The van der Waals surface area contributed by atoms with Crippen molar-refractivity contribution in [2.24, 2.45) is 0 Å². The van der Waals surface area contributed by atoms with E-state index in [1.807, 2.05) is 26.0 Å². The molecule has 2 rings (SSSR count). The number of methoxy groups -OCH3 is 1. The quantitative estimate of drug-likeness (QED) is 0.882. The maximum absolute atomic E-state index is 13.7. The van der Waals surface area contributed by atoms with Gasteiger partial charge in [-0.2, -0.15) is 0 Å². The highest BCUT2D eigenvalue weighted by molar-refractivity contribution is 5.31. The lowest BCUT2D eigenvalue weighted by atomic mass is 10.0. The molecule has 0 aliphatic heterocycles. The van der Waals surface area contributed by atoms with E-state index in [0.29, 0.717) is 0 Å². The predicted octanol–water partition coefficient (Wildman–Crippen LogP) is 4.39. The summed E-state index contributed by atoms with van der Waals surface area (Å²) >= 11 is 0. The Balaban J connectivity index is 2.10. The number of nitrogens with one attached hydrogen (secondary N) is 1. The SMILES string of the molecule is COc1ccc(C(C)N[C@@H](C)c2cccc(F)c2)cc1F. The van der Waals surface area contributed by atoms with E-state index in [2.05, 4.69) is 5.32 Å². The zero-order chi connectivity index (χ0) is 15.4. The Labute approximate surface area is 123 Å². The highest BCUT2D eigenvalue weighted by Crippen LogP contribution is 2.24. The second kappa shape index (κ2) is 6.68. The summed E-state index contributed by atoms with van der Waals surface area (Å²) in [5, 5.41) is 3.33.